The third kappa shape index (κ3) is 5.43. The second-order valence-electron chi connectivity index (χ2n) is 6.34. The number of nitrogens with one attached hydrogen (secondary N) is 2. The number of hydrogen-bond acceptors (Lipinski definition) is 4. The van der Waals surface area contributed by atoms with Crippen molar-refractivity contribution in [1.82, 2.24) is 10.3 Å². The number of nitrogens with zero attached hydrogens (tertiary/aromatic N) is 1. The van der Waals surface area contributed by atoms with E-state index in [0.717, 1.165) is 39.9 Å². The lowest BCUT2D eigenvalue weighted by atomic mass is 10.1. The Morgan fingerprint density at radius 1 is 1.23 bits per heavy atom. The van der Waals surface area contributed by atoms with Crippen LogP contribution in [0.3, 0.4) is 0 Å². The van der Waals surface area contributed by atoms with Crippen LogP contribution in [-0.4, -0.2) is 17.4 Å². The summed E-state index contributed by atoms with van der Waals surface area (Å²) in [4.78, 5) is 18.1. The van der Waals surface area contributed by atoms with Gasteiger partial charge in [-0.25, -0.2) is 4.98 Å². The zero-order chi connectivity index (χ0) is 16.9. The first-order chi connectivity index (χ1) is 11.7. The van der Waals surface area contributed by atoms with Gasteiger partial charge in [-0.1, -0.05) is 38.0 Å². The number of amides is 1. The highest BCUT2D eigenvalue weighted by atomic mass is 35.5. The second-order valence-corrected chi connectivity index (χ2v) is 7.37. The molecular formula is C19H27Cl2N3OS. The summed E-state index contributed by atoms with van der Waals surface area (Å²) in [5.41, 5.74) is 2.83. The number of carbonyl (C=O) groups is 1. The molecule has 1 heterocycles. The molecule has 1 aliphatic carbocycles. The molecule has 2 N–H and O–H groups in total. The highest BCUT2D eigenvalue weighted by Gasteiger charge is 2.24. The van der Waals surface area contributed by atoms with Gasteiger partial charge in [0.05, 0.1) is 10.7 Å². The fraction of sp³-hybridized carbons (Fsp3) is 0.474. The molecule has 0 atom stereocenters. The van der Waals surface area contributed by atoms with Gasteiger partial charge in [-0.15, -0.1) is 36.2 Å². The van der Waals surface area contributed by atoms with E-state index in [9.17, 15) is 4.79 Å². The minimum Gasteiger partial charge on any atom is -0.321 e. The van der Waals surface area contributed by atoms with Crippen molar-refractivity contribution in [2.45, 2.75) is 52.0 Å². The molecule has 0 aliphatic heterocycles. The van der Waals surface area contributed by atoms with Gasteiger partial charge in [0, 0.05) is 18.2 Å². The highest BCUT2D eigenvalue weighted by molar-refractivity contribution is 7.14. The first-order valence-corrected chi connectivity index (χ1v) is 9.58. The summed E-state index contributed by atoms with van der Waals surface area (Å²) in [6.45, 7) is 5.67. The Balaban J connectivity index is 0.00000169. The zero-order valence-corrected chi connectivity index (χ0v) is 17.7. The molecule has 1 aliphatic rings. The van der Waals surface area contributed by atoms with Gasteiger partial charge in [-0.05, 0) is 37.9 Å². The van der Waals surface area contributed by atoms with Gasteiger partial charge in [0.25, 0.3) is 5.91 Å². The van der Waals surface area contributed by atoms with Gasteiger partial charge in [0.15, 0.2) is 0 Å². The number of halogens is 2. The molecule has 1 fully saturated rings. The van der Waals surface area contributed by atoms with Crippen LogP contribution in [0.5, 0.6) is 0 Å². The molecule has 0 bridgehead atoms. The molecule has 144 valence electrons. The quantitative estimate of drug-likeness (QED) is 0.671. The molecule has 4 nitrogen and oxygen atoms in total. The van der Waals surface area contributed by atoms with E-state index >= 15 is 0 Å². The lowest BCUT2D eigenvalue weighted by molar-refractivity contribution is 0.102. The van der Waals surface area contributed by atoms with Crippen LogP contribution in [0.2, 0.25) is 0 Å². The third-order valence-corrected chi connectivity index (χ3v) is 5.87. The summed E-state index contributed by atoms with van der Waals surface area (Å²) in [6, 6.07) is 7.95. The van der Waals surface area contributed by atoms with Gasteiger partial charge in [0.1, 0.15) is 4.88 Å². The molecule has 0 saturated heterocycles. The fourth-order valence-electron chi connectivity index (χ4n) is 3.21. The van der Waals surface area contributed by atoms with Crippen molar-refractivity contribution in [2.24, 2.45) is 0 Å². The lowest BCUT2D eigenvalue weighted by Crippen LogP contribution is -2.17. The van der Waals surface area contributed by atoms with Crippen LogP contribution in [0, 0.1) is 6.92 Å². The molecule has 26 heavy (non-hydrogen) atoms. The Morgan fingerprint density at radius 3 is 2.62 bits per heavy atom. The number of thiazole rings is 1. The number of aromatic nitrogens is 1. The molecule has 1 amide bonds. The van der Waals surface area contributed by atoms with Crippen molar-refractivity contribution < 1.29 is 4.79 Å². The topological polar surface area (TPSA) is 54.0 Å². The summed E-state index contributed by atoms with van der Waals surface area (Å²) in [6.07, 6.45) is 4.98. The van der Waals surface area contributed by atoms with Crippen LogP contribution < -0.4 is 10.6 Å². The first kappa shape index (κ1) is 22.9. The molecule has 1 saturated carbocycles. The van der Waals surface area contributed by atoms with Crippen molar-refractivity contribution in [2.75, 3.05) is 11.9 Å². The van der Waals surface area contributed by atoms with Crippen molar-refractivity contribution in [3.05, 3.63) is 45.4 Å². The maximum atomic E-state index is 12.7. The van der Waals surface area contributed by atoms with E-state index in [1.54, 1.807) is 11.3 Å². The number of benzene rings is 1. The van der Waals surface area contributed by atoms with E-state index in [1.165, 1.54) is 25.7 Å². The van der Waals surface area contributed by atoms with Crippen molar-refractivity contribution in [1.29, 1.82) is 0 Å². The van der Waals surface area contributed by atoms with E-state index in [-0.39, 0.29) is 30.7 Å². The van der Waals surface area contributed by atoms with Crippen LogP contribution in [0.15, 0.2) is 24.3 Å². The zero-order valence-electron chi connectivity index (χ0n) is 15.2. The number of aryl methyl sites for hydroxylation is 1. The van der Waals surface area contributed by atoms with Crippen LogP contribution in [0.1, 0.15) is 64.5 Å². The van der Waals surface area contributed by atoms with Crippen LogP contribution in [0.4, 0.5) is 5.69 Å². The number of anilines is 1. The maximum absolute atomic E-state index is 12.7. The highest BCUT2D eigenvalue weighted by Crippen LogP contribution is 2.37. The normalized spacial score (nSPS) is 13.8. The number of rotatable bonds is 6. The fourth-order valence-corrected chi connectivity index (χ4v) is 4.34. The van der Waals surface area contributed by atoms with Gasteiger partial charge in [-0.3, -0.25) is 4.79 Å². The smallest absolute Gasteiger partial charge is 0.267 e. The second kappa shape index (κ2) is 10.9. The largest absolute Gasteiger partial charge is 0.321 e. The summed E-state index contributed by atoms with van der Waals surface area (Å²) in [5, 5.41) is 7.52. The minimum atomic E-state index is -0.0433. The standard InChI is InChI=1S/C19H25N3OS.2ClH/c1-3-20-12-15-10-6-7-11-16(15)22-18(23)17-13(2)21-19(24-17)14-8-4-5-9-14;;/h6-7,10-11,14,20H,3-5,8-9,12H2,1-2H3,(H,22,23);2*1H. The summed E-state index contributed by atoms with van der Waals surface area (Å²) >= 11 is 1.57. The van der Waals surface area contributed by atoms with Gasteiger partial charge in [0.2, 0.25) is 0 Å². The van der Waals surface area contributed by atoms with Crippen LogP contribution in [0.25, 0.3) is 0 Å². The van der Waals surface area contributed by atoms with Gasteiger partial charge in [-0.2, -0.15) is 0 Å². The summed E-state index contributed by atoms with van der Waals surface area (Å²) in [7, 11) is 0. The van der Waals surface area contributed by atoms with E-state index in [4.69, 9.17) is 0 Å². The Labute approximate surface area is 172 Å². The molecule has 3 rings (SSSR count). The maximum Gasteiger partial charge on any atom is 0.267 e. The Hall–Kier alpha value is -1.14. The first-order valence-electron chi connectivity index (χ1n) is 8.76. The Kier molecular flexibility index (Phi) is 9.58. The Bertz CT molecular complexity index is 715. The molecule has 0 radical (unpaired) electrons. The van der Waals surface area contributed by atoms with E-state index in [1.807, 2.05) is 31.2 Å². The van der Waals surface area contributed by atoms with Crippen molar-refractivity contribution in [3.63, 3.8) is 0 Å². The van der Waals surface area contributed by atoms with E-state index < -0.39 is 0 Å². The van der Waals surface area contributed by atoms with Crippen molar-refractivity contribution >= 4 is 47.7 Å². The van der Waals surface area contributed by atoms with E-state index in [2.05, 4.69) is 22.5 Å². The van der Waals surface area contributed by atoms with Crippen LogP contribution in [-0.2, 0) is 6.54 Å². The molecule has 2 aromatic rings. The number of hydrogen-bond donors (Lipinski definition) is 2. The summed E-state index contributed by atoms with van der Waals surface area (Å²) in [5.74, 6) is 0.509. The molecule has 0 spiro atoms. The summed E-state index contributed by atoms with van der Waals surface area (Å²) < 4.78 is 0. The Morgan fingerprint density at radius 2 is 1.92 bits per heavy atom. The third-order valence-electron chi connectivity index (χ3n) is 4.55. The SMILES string of the molecule is CCNCc1ccccc1NC(=O)c1sc(C2CCCC2)nc1C.Cl.Cl. The molecular weight excluding hydrogens is 389 g/mol. The molecule has 0 unspecified atom stereocenters. The number of para-hydroxylation sites is 1. The van der Waals surface area contributed by atoms with Crippen molar-refractivity contribution in [3.8, 4) is 0 Å². The minimum absolute atomic E-state index is 0. The van der Waals surface area contributed by atoms with Gasteiger partial charge >= 0.3 is 0 Å². The van der Waals surface area contributed by atoms with E-state index in [0.29, 0.717) is 5.92 Å². The van der Waals surface area contributed by atoms with Crippen LogP contribution >= 0.6 is 36.2 Å². The number of carbonyl (C=O) groups excluding carboxylic acids is 1. The average molecular weight is 416 g/mol. The molecule has 1 aromatic carbocycles. The lowest BCUT2D eigenvalue weighted by Gasteiger charge is -2.11. The molecule has 7 heteroatoms. The predicted molar refractivity (Wildman–Crippen MR) is 114 cm³/mol. The molecule has 1 aromatic heterocycles. The monoisotopic (exact) mass is 415 g/mol. The van der Waals surface area contributed by atoms with Gasteiger partial charge < -0.3 is 10.6 Å². The predicted octanol–water partition coefficient (Wildman–Crippen LogP) is 5.31. The average Bonchev–Trinajstić information content (AvgIpc) is 3.23.